The summed E-state index contributed by atoms with van der Waals surface area (Å²) in [6, 6.07) is 15.4. The van der Waals surface area contributed by atoms with Crippen molar-refractivity contribution in [3.05, 3.63) is 76.4 Å². The van der Waals surface area contributed by atoms with Crippen LogP contribution in [0.3, 0.4) is 0 Å². The largest absolute Gasteiger partial charge is 0.416 e. The molecular weight excluding hydrogens is 445 g/mol. The predicted octanol–water partition coefficient (Wildman–Crippen LogP) is 7.77. The van der Waals surface area contributed by atoms with Gasteiger partial charge in [0.15, 0.2) is 0 Å². The molecule has 154 valence electrons. The number of rotatable bonds is 5. The van der Waals surface area contributed by atoms with Gasteiger partial charge in [0, 0.05) is 20.1 Å². The van der Waals surface area contributed by atoms with Crippen molar-refractivity contribution < 1.29 is 13.2 Å². The van der Waals surface area contributed by atoms with Crippen LogP contribution >= 0.6 is 34.9 Å². The average molecular weight is 463 g/mol. The molecule has 0 spiro atoms. The van der Waals surface area contributed by atoms with Crippen LogP contribution in [0.2, 0.25) is 0 Å². The molecule has 2 heterocycles. The van der Waals surface area contributed by atoms with Crippen LogP contribution in [0.5, 0.6) is 0 Å². The maximum atomic E-state index is 13.1. The summed E-state index contributed by atoms with van der Waals surface area (Å²) < 4.78 is 39.4. The van der Waals surface area contributed by atoms with Gasteiger partial charge in [-0.15, -0.1) is 23.1 Å². The van der Waals surface area contributed by atoms with Crippen LogP contribution in [-0.2, 0) is 11.9 Å². The Labute approximate surface area is 185 Å². The number of aromatic nitrogens is 2. The van der Waals surface area contributed by atoms with Gasteiger partial charge in [-0.3, -0.25) is 0 Å². The Morgan fingerprint density at radius 1 is 0.933 bits per heavy atom. The molecule has 0 aliphatic carbocycles. The second kappa shape index (κ2) is 8.61. The number of thioether (sulfide) groups is 1. The van der Waals surface area contributed by atoms with Gasteiger partial charge in [-0.1, -0.05) is 36.0 Å². The number of fused-ring (bicyclic) bond motifs is 1. The van der Waals surface area contributed by atoms with Crippen LogP contribution in [0.1, 0.15) is 21.8 Å². The van der Waals surface area contributed by atoms with Crippen LogP contribution in [0.25, 0.3) is 10.2 Å². The van der Waals surface area contributed by atoms with E-state index in [1.54, 1.807) is 29.2 Å². The molecule has 0 unspecified atom stereocenters. The van der Waals surface area contributed by atoms with Gasteiger partial charge in [0.05, 0.1) is 11.3 Å². The summed E-state index contributed by atoms with van der Waals surface area (Å²) >= 11 is 4.49. The zero-order chi connectivity index (χ0) is 21.3. The lowest BCUT2D eigenvalue weighted by Gasteiger charge is -2.10. The zero-order valence-corrected chi connectivity index (χ0v) is 18.6. The van der Waals surface area contributed by atoms with Gasteiger partial charge < -0.3 is 0 Å². The second-order valence-corrected chi connectivity index (χ2v) is 9.95. The van der Waals surface area contributed by atoms with E-state index in [9.17, 15) is 13.2 Å². The first kappa shape index (κ1) is 21.2. The highest BCUT2D eigenvalue weighted by atomic mass is 32.2. The van der Waals surface area contributed by atoms with Gasteiger partial charge in [0.1, 0.15) is 15.7 Å². The summed E-state index contributed by atoms with van der Waals surface area (Å²) in [5.74, 6) is 1.26. The van der Waals surface area contributed by atoms with Crippen LogP contribution < -0.4 is 0 Å². The molecule has 2 nitrogen and oxygen atoms in total. The molecule has 2 aromatic heterocycles. The molecule has 0 amide bonds. The van der Waals surface area contributed by atoms with E-state index in [0.29, 0.717) is 21.5 Å². The number of alkyl halides is 3. The van der Waals surface area contributed by atoms with Crippen molar-refractivity contribution in [1.82, 2.24) is 9.97 Å². The molecule has 0 radical (unpaired) electrons. The smallest absolute Gasteiger partial charge is 0.225 e. The monoisotopic (exact) mass is 462 g/mol. The minimum absolute atomic E-state index is 0.509. The number of thiophene rings is 1. The Morgan fingerprint density at radius 2 is 1.67 bits per heavy atom. The predicted molar refractivity (Wildman–Crippen MR) is 118 cm³/mol. The Hall–Kier alpha value is -2.03. The van der Waals surface area contributed by atoms with E-state index < -0.39 is 11.7 Å². The van der Waals surface area contributed by atoms with E-state index in [4.69, 9.17) is 9.97 Å². The number of nitrogens with zero attached hydrogens (tertiary/aromatic N) is 2. The Balaban J connectivity index is 1.70. The molecule has 4 rings (SSSR count). The fraction of sp³-hybridized carbons (Fsp3) is 0.182. The topological polar surface area (TPSA) is 25.8 Å². The second-order valence-electron chi connectivity index (χ2n) is 6.64. The van der Waals surface area contributed by atoms with Crippen LogP contribution in [0.4, 0.5) is 13.2 Å². The molecule has 0 saturated heterocycles. The Bertz CT molecular complexity index is 1190. The molecule has 0 bridgehead atoms. The summed E-state index contributed by atoms with van der Waals surface area (Å²) in [6.45, 7) is 4.03. The van der Waals surface area contributed by atoms with E-state index in [2.05, 4.69) is 0 Å². The van der Waals surface area contributed by atoms with Gasteiger partial charge in [0.2, 0.25) is 0 Å². The van der Waals surface area contributed by atoms with Gasteiger partial charge in [-0.05, 0) is 49.7 Å². The molecule has 30 heavy (non-hydrogen) atoms. The highest BCUT2D eigenvalue weighted by molar-refractivity contribution is 7.99. The van der Waals surface area contributed by atoms with Gasteiger partial charge in [-0.2, -0.15) is 13.2 Å². The number of benzene rings is 2. The number of hydrogen-bond donors (Lipinski definition) is 0. The quantitative estimate of drug-likeness (QED) is 0.223. The van der Waals surface area contributed by atoms with E-state index in [1.165, 1.54) is 23.9 Å². The van der Waals surface area contributed by atoms with Crippen molar-refractivity contribution in [3.63, 3.8) is 0 Å². The normalized spacial score (nSPS) is 11.9. The molecule has 2 aromatic carbocycles. The zero-order valence-electron chi connectivity index (χ0n) is 16.2. The van der Waals surface area contributed by atoms with E-state index in [-0.39, 0.29) is 0 Å². The minimum atomic E-state index is -4.37. The van der Waals surface area contributed by atoms with Gasteiger partial charge >= 0.3 is 6.18 Å². The van der Waals surface area contributed by atoms with Crippen molar-refractivity contribution in [1.29, 1.82) is 0 Å². The molecule has 8 heteroatoms. The molecule has 0 fully saturated rings. The van der Waals surface area contributed by atoms with Crippen molar-refractivity contribution in [3.8, 4) is 0 Å². The first-order valence-electron chi connectivity index (χ1n) is 9.11. The maximum absolute atomic E-state index is 13.1. The fourth-order valence-electron chi connectivity index (χ4n) is 2.91. The van der Waals surface area contributed by atoms with Gasteiger partial charge in [0.25, 0.3) is 0 Å². The standard InChI is InChI=1S/C22H17F3N2S3/c1-13-14(2)29-20-19(13)21(30-17-10-6-7-15(11-17)22(23,24)25)27-18(26-20)12-28-16-8-4-3-5-9-16/h3-11H,12H2,1-2H3. The molecular formula is C22H17F3N2S3. The first-order valence-corrected chi connectivity index (χ1v) is 11.7. The van der Waals surface area contributed by atoms with Crippen molar-refractivity contribution >= 4 is 45.1 Å². The number of hydrogen-bond acceptors (Lipinski definition) is 5. The third-order valence-corrected chi connectivity index (χ3v) is 7.62. The lowest BCUT2D eigenvalue weighted by molar-refractivity contribution is -0.137. The molecule has 0 aliphatic rings. The van der Waals surface area contributed by atoms with Crippen LogP contribution in [-0.4, -0.2) is 9.97 Å². The Kier molecular flexibility index (Phi) is 6.09. The highest BCUT2D eigenvalue weighted by Crippen LogP contribution is 2.40. The average Bonchev–Trinajstić information content (AvgIpc) is 3.01. The van der Waals surface area contributed by atoms with Crippen molar-refractivity contribution in [2.24, 2.45) is 0 Å². The summed E-state index contributed by atoms with van der Waals surface area (Å²) in [5.41, 5.74) is 0.419. The molecule has 0 aliphatic heterocycles. The summed E-state index contributed by atoms with van der Waals surface area (Å²) in [7, 11) is 0. The molecule has 0 saturated carbocycles. The summed E-state index contributed by atoms with van der Waals surface area (Å²) in [6.07, 6.45) is -4.37. The van der Waals surface area contributed by atoms with Crippen molar-refractivity contribution in [2.45, 2.75) is 40.6 Å². The maximum Gasteiger partial charge on any atom is 0.416 e. The van der Waals surface area contributed by atoms with E-state index >= 15 is 0 Å². The SMILES string of the molecule is Cc1sc2nc(CSc3ccccc3)nc(Sc3cccc(C(F)(F)F)c3)c2c1C. The van der Waals surface area contributed by atoms with Crippen LogP contribution in [0.15, 0.2) is 69.4 Å². The molecule has 0 atom stereocenters. The van der Waals surface area contributed by atoms with Crippen molar-refractivity contribution in [2.75, 3.05) is 0 Å². The fourth-order valence-corrected chi connectivity index (χ4v) is 5.85. The lowest BCUT2D eigenvalue weighted by Crippen LogP contribution is -2.04. The van der Waals surface area contributed by atoms with E-state index in [0.717, 1.165) is 31.6 Å². The first-order chi connectivity index (χ1) is 14.3. The summed E-state index contributed by atoms with van der Waals surface area (Å²) in [4.78, 5) is 13.1. The number of aryl methyl sites for hydroxylation is 2. The van der Waals surface area contributed by atoms with Gasteiger partial charge in [-0.25, -0.2) is 9.97 Å². The molecule has 0 N–H and O–H groups in total. The third-order valence-electron chi connectivity index (χ3n) is 4.53. The Morgan fingerprint density at radius 3 is 2.40 bits per heavy atom. The lowest BCUT2D eigenvalue weighted by atomic mass is 10.2. The van der Waals surface area contributed by atoms with Crippen LogP contribution in [0, 0.1) is 13.8 Å². The third kappa shape index (κ3) is 4.66. The van der Waals surface area contributed by atoms with E-state index in [1.807, 2.05) is 44.2 Å². The highest BCUT2D eigenvalue weighted by Gasteiger charge is 2.30. The molecule has 4 aromatic rings. The summed E-state index contributed by atoms with van der Waals surface area (Å²) in [5, 5.41) is 1.62. The number of halogens is 3. The minimum Gasteiger partial charge on any atom is -0.225 e.